The average molecular weight is 299 g/mol. The van der Waals surface area contributed by atoms with Gasteiger partial charge in [0, 0.05) is 6.54 Å². The lowest BCUT2D eigenvalue weighted by molar-refractivity contribution is 0.0449. The highest BCUT2D eigenvalue weighted by Crippen LogP contribution is 2.28. The van der Waals surface area contributed by atoms with E-state index in [0.29, 0.717) is 25.0 Å². The Morgan fingerprint density at radius 1 is 1.14 bits per heavy atom. The van der Waals surface area contributed by atoms with Crippen LogP contribution in [0.15, 0.2) is 12.1 Å². The second-order valence-corrected chi connectivity index (χ2v) is 5.23. The molecule has 0 atom stereocenters. The van der Waals surface area contributed by atoms with Crippen molar-refractivity contribution in [1.29, 1.82) is 0 Å². The Balaban J connectivity index is 2.18. The zero-order chi connectivity index (χ0) is 15.6. The van der Waals surface area contributed by atoms with Crippen molar-refractivity contribution in [2.75, 3.05) is 6.54 Å². The molecule has 0 aromatic heterocycles. The Bertz CT molecular complexity index is 583. The molecule has 21 heavy (non-hydrogen) atoms. The number of benzene rings is 1. The van der Waals surface area contributed by atoms with E-state index in [1.165, 1.54) is 0 Å². The number of nitrogens with one attached hydrogen (secondary N) is 1. The van der Waals surface area contributed by atoms with Gasteiger partial charge in [-0.05, 0) is 25.0 Å². The van der Waals surface area contributed by atoms with E-state index >= 15 is 0 Å². The topological polar surface area (TPSA) is 86.6 Å². The third-order valence-corrected chi connectivity index (χ3v) is 3.65. The zero-order valence-corrected chi connectivity index (χ0v) is 11.2. The number of amides is 1. The Labute approximate surface area is 119 Å². The number of carboxylic acids is 1. The summed E-state index contributed by atoms with van der Waals surface area (Å²) in [5, 5.41) is 21.4. The highest BCUT2D eigenvalue weighted by Gasteiger charge is 2.32. The standard InChI is InChI=1S/C14H15F2NO4/c15-10-5-8(9(13(19)20)6-11(10)16)12(18)17-7-14(21)3-1-2-4-14/h5-6,21H,1-4,7H2,(H,17,18)(H,19,20). The van der Waals surface area contributed by atoms with Crippen molar-refractivity contribution in [2.45, 2.75) is 31.3 Å². The maximum absolute atomic E-state index is 13.2. The minimum absolute atomic E-state index is 0.0517. The molecule has 1 aromatic carbocycles. The third kappa shape index (κ3) is 3.36. The van der Waals surface area contributed by atoms with Gasteiger partial charge in [-0.15, -0.1) is 0 Å². The van der Waals surface area contributed by atoms with Crippen LogP contribution in [0.1, 0.15) is 46.4 Å². The molecule has 0 heterocycles. The van der Waals surface area contributed by atoms with E-state index in [1.54, 1.807) is 0 Å². The molecule has 1 fully saturated rings. The number of aromatic carboxylic acids is 1. The molecular weight excluding hydrogens is 284 g/mol. The van der Waals surface area contributed by atoms with Gasteiger partial charge in [-0.25, -0.2) is 13.6 Å². The molecule has 1 aromatic rings. The first-order valence-corrected chi connectivity index (χ1v) is 6.55. The van der Waals surface area contributed by atoms with Crippen LogP contribution in [0.2, 0.25) is 0 Å². The van der Waals surface area contributed by atoms with Gasteiger partial charge in [-0.2, -0.15) is 0 Å². The predicted molar refractivity (Wildman–Crippen MR) is 69.1 cm³/mol. The first-order chi connectivity index (χ1) is 9.82. The van der Waals surface area contributed by atoms with Crippen LogP contribution in [0.5, 0.6) is 0 Å². The van der Waals surface area contributed by atoms with E-state index in [4.69, 9.17) is 5.11 Å². The largest absolute Gasteiger partial charge is 0.478 e. The van der Waals surface area contributed by atoms with Crippen molar-refractivity contribution in [3.8, 4) is 0 Å². The number of carbonyl (C=O) groups is 2. The van der Waals surface area contributed by atoms with Crippen LogP contribution in [0.3, 0.4) is 0 Å². The van der Waals surface area contributed by atoms with E-state index in [0.717, 1.165) is 12.8 Å². The summed E-state index contributed by atoms with van der Waals surface area (Å²) >= 11 is 0. The van der Waals surface area contributed by atoms with E-state index in [1.807, 2.05) is 0 Å². The van der Waals surface area contributed by atoms with Gasteiger partial charge in [0.1, 0.15) is 0 Å². The molecule has 5 nitrogen and oxygen atoms in total. The Kier molecular flexibility index (Phi) is 4.22. The molecule has 0 bridgehead atoms. The van der Waals surface area contributed by atoms with Gasteiger partial charge < -0.3 is 15.5 Å². The number of rotatable bonds is 4. The van der Waals surface area contributed by atoms with Crippen molar-refractivity contribution in [3.63, 3.8) is 0 Å². The molecule has 0 radical (unpaired) electrons. The van der Waals surface area contributed by atoms with Gasteiger partial charge in [-0.1, -0.05) is 12.8 Å². The fraction of sp³-hybridized carbons (Fsp3) is 0.429. The monoisotopic (exact) mass is 299 g/mol. The minimum Gasteiger partial charge on any atom is -0.478 e. The lowest BCUT2D eigenvalue weighted by Gasteiger charge is -2.22. The molecule has 1 aliphatic carbocycles. The molecule has 1 aliphatic rings. The summed E-state index contributed by atoms with van der Waals surface area (Å²) in [5.41, 5.74) is -2.11. The molecule has 0 spiro atoms. The van der Waals surface area contributed by atoms with Crippen molar-refractivity contribution in [1.82, 2.24) is 5.32 Å². The summed E-state index contributed by atoms with van der Waals surface area (Å²) in [6, 6.07) is 1.02. The Morgan fingerprint density at radius 3 is 2.19 bits per heavy atom. The fourth-order valence-electron chi connectivity index (χ4n) is 2.46. The van der Waals surface area contributed by atoms with Gasteiger partial charge in [-0.3, -0.25) is 4.79 Å². The summed E-state index contributed by atoms with van der Waals surface area (Å²) in [5.74, 6) is -5.02. The quantitative estimate of drug-likeness (QED) is 0.789. The number of halogens is 2. The van der Waals surface area contributed by atoms with Crippen LogP contribution in [0.25, 0.3) is 0 Å². The van der Waals surface area contributed by atoms with Crippen molar-refractivity contribution in [3.05, 3.63) is 34.9 Å². The second kappa shape index (κ2) is 5.77. The summed E-state index contributed by atoms with van der Waals surface area (Å²) in [6.45, 7) is -0.0517. The third-order valence-electron chi connectivity index (χ3n) is 3.65. The summed E-state index contributed by atoms with van der Waals surface area (Å²) in [6.07, 6.45) is 2.77. The molecule has 1 amide bonds. The van der Waals surface area contributed by atoms with Crippen LogP contribution in [-0.2, 0) is 0 Å². The molecule has 3 N–H and O–H groups in total. The fourth-order valence-corrected chi connectivity index (χ4v) is 2.46. The van der Waals surface area contributed by atoms with E-state index < -0.39 is 40.2 Å². The van der Waals surface area contributed by atoms with Crippen LogP contribution in [-0.4, -0.2) is 34.2 Å². The van der Waals surface area contributed by atoms with Crippen LogP contribution in [0, 0.1) is 11.6 Å². The van der Waals surface area contributed by atoms with Gasteiger partial charge >= 0.3 is 5.97 Å². The lowest BCUT2D eigenvalue weighted by Crippen LogP contribution is -2.41. The highest BCUT2D eigenvalue weighted by molar-refractivity contribution is 6.04. The number of aliphatic hydroxyl groups is 1. The van der Waals surface area contributed by atoms with Gasteiger partial charge in [0.05, 0.1) is 16.7 Å². The number of carbonyl (C=O) groups excluding carboxylic acids is 1. The van der Waals surface area contributed by atoms with Gasteiger partial charge in [0.15, 0.2) is 11.6 Å². The molecule has 2 rings (SSSR count). The first-order valence-electron chi connectivity index (χ1n) is 6.55. The number of hydrogen-bond donors (Lipinski definition) is 3. The minimum atomic E-state index is -1.53. The van der Waals surface area contributed by atoms with E-state index in [-0.39, 0.29) is 6.54 Å². The molecular formula is C14H15F2NO4. The van der Waals surface area contributed by atoms with Crippen molar-refractivity contribution < 1.29 is 28.6 Å². The predicted octanol–water partition coefficient (Wildman–Crippen LogP) is 1.70. The normalized spacial score (nSPS) is 16.7. The van der Waals surface area contributed by atoms with Crippen LogP contribution >= 0.6 is 0 Å². The lowest BCUT2D eigenvalue weighted by atomic mass is 10.0. The van der Waals surface area contributed by atoms with Gasteiger partial charge in [0.25, 0.3) is 5.91 Å². The highest BCUT2D eigenvalue weighted by atomic mass is 19.2. The van der Waals surface area contributed by atoms with E-state index in [2.05, 4.69) is 5.32 Å². The molecule has 7 heteroatoms. The second-order valence-electron chi connectivity index (χ2n) is 5.23. The van der Waals surface area contributed by atoms with Crippen molar-refractivity contribution >= 4 is 11.9 Å². The molecule has 1 saturated carbocycles. The Morgan fingerprint density at radius 2 is 1.67 bits per heavy atom. The number of hydrogen-bond acceptors (Lipinski definition) is 3. The molecule has 0 unspecified atom stereocenters. The summed E-state index contributed by atoms with van der Waals surface area (Å²) in [7, 11) is 0. The molecule has 0 saturated heterocycles. The molecule has 114 valence electrons. The zero-order valence-electron chi connectivity index (χ0n) is 11.2. The van der Waals surface area contributed by atoms with Gasteiger partial charge in [0.2, 0.25) is 0 Å². The number of carboxylic acid groups (broad SMARTS) is 1. The van der Waals surface area contributed by atoms with E-state index in [9.17, 15) is 23.5 Å². The smallest absolute Gasteiger partial charge is 0.336 e. The molecule has 0 aliphatic heterocycles. The first kappa shape index (κ1) is 15.4. The average Bonchev–Trinajstić information content (AvgIpc) is 2.86. The summed E-state index contributed by atoms with van der Waals surface area (Å²) < 4.78 is 26.3. The van der Waals surface area contributed by atoms with Crippen molar-refractivity contribution in [2.24, 2.45) is 0 Å². The SMILES string of the molecule is O=C(O)c1cc(F)c(F)cc1C(=O)NCC1(O)CCCC1. The Hall–Kier alpha value is -2.02. The van der Waals surface area contributed by atoms with Crippen LogP contribution < -0.4 is 5.32 Å². The summed E-state index contributed by atoms with van der Waals surface area (Å²) in [4.78, 5) is 23.0. The maximum atomic E-state index is 13.2. The van der Waals surface area contributed by atoms with Crippen LogP contribution in [0.4, 0.5) is 8.78 Å². The maximum Gasteiger partial charge on any atom is 0.336 e.